The molecule has 0 saturated heterocycles. The van der Waals surface area contributed by atoms with Crippen molar-refractivity contribution in [2.24, 2.45) is 0 Å². The molecule has 0 radical (unpaired) electrons. The standard InChI is InChI=1S/C9H12O.BH3O2/c1-7-5-4-6-8(2)9(7)10-3;2-1-3/h4-6H,1-3H3;1-3H. The summed E-state index contributed by atoms with van der Waals surface area (Å²) in [6.45, 7) is 4.09. The summed E-state index contributed by atoms with van der Waals surface area (Å²) in [4.78, 5) is 0. The Labute approximate surface area is 79.3 Å². The lowest BCUT2D eigenvalue weighted by Crippen LogP contribution is -1.89. The van der Waals surface area contributed by atoms with E-state index in [1.54, 1.807) is 7.11 Å². The molecule has 3 nitrogen and oxygen atoms in total. The van der Waals surface area contributed by atoms with Crippen molar-refractivity contribution < 1.29 is 14.8 Å². The van der Waals surface area contributed by atoms with Crippen molar-refractivity contribution in [3.8, 4) is 5.75 Å². The molecule has 0 aromatic heterocycles. The highest BCUT2D eigenvalue weighted by atomic mass is 16.5. The zero-order valence-electron chi connectivity index (χ0n) is 8.24. The lowest BCUT2D eigenvalue weighted by molar-refractivity contribution is 0.408. The molecule has 0 fully saturated rings. The molecular formula is C9H15BO3. The van der Waals surface area contributed by atoms with Crippen LogP contribution in [0.1, 0.15) is 11.1 Å². The van der Waals surface area contributed by atoms with Crippen LogP contribution in [0.25, 0.3) is 0 Å². The number of methoxy groups -OCH3 is 1. The van der Waals surface area contributed by atoms with Crippen LogP contribution < -0.4 is 4.74 Å². The molecule has 0 amide bonds. The number of benzene rings is 1. The Bertz CT molecular complexity index is 230. The summed E-state index contributed by atoms with van der Waals surface area (Å²) in [5.74, 6) is 1.00. The van der Waals surface area contributed by atoms with Gasteiger partial charge in [-0.25, -0.2) is 0 Å². The number of rotatable bonds is 1. The first-order chi connectivity index (χ1) is 6.17. The van der Waals surface area contributed by atoms with Crippen LogP contribution in [0.4, 0.5) is 0 Å². The minimum Gasteiger partial charge on any atom is -0.496 e. The number of hydrogen-bond acceptors (Lipinski definition) is 3. The van der Waals surface area contributed by atoms with Gasteiger partial charge >= 0.3 is 7.69 Å². The number of para-hydroxylation sites is 1. The number of hydrogen-bond donors (Lipinski definition) is 2. The van der Waals surface area contributed by atoms with Crippen LogP contribution in [0.15, 0.2) is 18.2 Å². The monoisotopic (exact) mass is 182 g/mol. The van der Waals surface area contributed by atoms with E-state index >= 15 is 0 Å². The molecule has 13 heavy (non-hydrogen) atoms. The largest absolute Gasteiger partial charge is 0.496 e. The first kappa shape index (κ1) is 12.0. The fourth-order valence-electron chi connectivity index (χ4n) is 1.12. The number of ether oxygens (including phenoxy) is 1. The van der Waals surface area contributed by atoms with Gasteiger partial charge in [0, 0.05) is 0 Å². The van der Waals surface area contributed by atoms with Gasteiger partial charge in [0.05, 0.1) is 7.11 Å². The third-order valence-corrected chi connectivity index (χ3v) is 1.61. The fourth-order valence-corrected chi connectivity index (χ4v) is 1.12. The van der Waals surface area contributed by atoms with Gasteiger partial charge in [0.2, 0.25) is 0 Å². The van der Waals surface area contributed by atoms with E-state index in [-0.39, 0.29) is 0 Å². The molecule has 4 heteroatoms. The van der Waals surface area contributed by atoms with Crippen molar-refractivity contribution in [3.05, 3.63) is 29.3 Å². The molecular weight excluding hydrogens is 167 g/mol. The van der Waals surface area contributed by atoms with E-state index in [4.69, 9.17) is 14.8 Å². The van der Waals surface area contributed by atoms with E-state index in [1.807, 2.05) is 32.0 Å². The zero-order chi connectivity index (χ0) is 10.3. The van der Waals surface area contributed by atoms with E-state index in [0.717, 1.165) is 5.75 Å². The van der Waals surface area contributed by atoms with Crippen molar-refractivity contribution in [1.29, 1.82) is 0 Å². The van der Waals surface area contributed by atoms with Crippen LogP contribution in [0.3, 0.4) is 0 Å². The highest BCUT2D eigenvalue weighted by Crippen LogP contribution is 2.20. The molecule has 0 unspecified atom stereocenters. The first-order valence-electron chi connectivity index (χ1n) is 3.99. The molecule has 0 aliphatic rings. The summed E-state index contributed by atoms with van der Waals surface area (Å²) in [6.07, 6.45) is 0. The van der Waals surface area contributed by atoms with Gasteiger partial charge in [-0.2, -0.15) is 0 Å². The Morgan fingerprint density at radius 2 is 1.54 bits per heavy atom. The van der Waals surface area contributed by atoms with Gasteiger partial charge in [0.1, 0.15) is 5.75 Å². The third-order valence-electron chi connectivity index (χ3n) is 1.61. The Balaban J connectivity index is 0.000000424. The summed E-state index contributed by atoms with van der Waals surface area (Å²) in [7, 11) is 0.954. The minimum atomic E-state index is -0.750. The minimum absolute atomic E-state index is 0.750. The van der Waals surface area contributed by atoms with E-state index < -0.39 is 7.69 Å². The lowest BCUT2D eigenvalue weighted by atomic mass is 10.1. The van der Waals surface area contributed by atoms with Gasteiger partial charge in [-0.15, -0.1) is 0 Å². The average Bonchev–Trinajstić information content (AvgIpc) is 2.06. The Kier molecular flexibility index (Phi) is 6.01. The molecule has 0 heterocycles. The molecule has 1 rings (SSSR count). The van der Waals surface area contributed by atoms with Crippen molar-refractivity contribution in [2.45, 2.75) is 13.8 Å². The van der Waals surface area contributed by atoms with Gasteiger partial charge in [0.25, 0.3) is 0 Å². The fraction of sp³-hybridized carbons (Fsp3) is 0.333. The maximum Gasteiger partial charge on any atom is 0.432 e. The van der Waals surface area contributed by atoms with Crippen LogP contribution >= 0.6 is 0 Å². The molecule has 0 spiro atoms. The first-order valence-corrected chi connectivity index (χ1v) is 3.99. The van der Waals surface area contributed by atoms with Crippen molar-refractivity contribution >= 4 is 7.69 Å². The van der Waals surface area contributed by atoms with Crippen LogP contribution in [0.5, 0.6) is 5.75 Å². The molecule has 72 valence electrons. The van der Waals surface area contributed by atoms with Crippen LogP contribution in [0.2, 0.25) is 0 Å². The molecule has 0 atom stereocenters. The predicted octanol–water partition coefficient (Wildman–Crippen LogP) is 0.550. The van der Waals surface area contributed by atoms with Crippen LogP contribution in [-0.2, 0) is 0 Å². The summed E-state index contributed by atoms with van der Waals surface area (Å²) in [5.41, 5.74) is 2.39. The van der Waals surface area contributed by atoms with Crippen molar-refractivity contribution in [3.63, 3.8) is 0 Å². The van der Waals surface area contributed by atoms with E-state index in [9.17, 15) is 0 Å². The molecule has 0 aliphatic carbocycles. The summed E-state index contributed by atoms with van der Waals surface area (Å²) in [6, 6.07) is 6.13. The van der Waals surface area contributed by atoms with Gasteiger partial charge in [0.15, 0.2) is 0 Å². The quantitative estimate of drug-likeness (QED) is 0.623. The highest BCUT2D eigenvalue weighted by Gasteiger charge is 1.98. The van der Waals surface area contributed by atoms with Gasteiger partial charge in [-0.3, -0.25) is 0 Å². The number of aryl methyl sites for hydroxylation is 2. The van der Waals surface area contributed by atoms with Gasteiger partial charge in [-0.1, -0.05) is 18.2 Å². The lowest BCUT2D eigenvalue weighted by Gasteiger charge is -2.06. The summed E-state index contributed by atoms with van der Waals surface area (Å²) < 4.78 is 5.18. The molecule has 0 saturated carbocycles. The second-order valence-corrected chi connectivity index (χ2v) is 2.57. The maximum absolute atomic E-state index is 7.12. The second-order valence-electron chi connectivity index (χ2n) is 2.57. The smallest absolute Gasteiger partial charge is 0.432 e. The topological polar surface area (TPSA) is 49.7 Å². The van der Waals surface area contributed by atoms with E-state index in [1.165, 1.54) is 11.1 Å². The van der Waals surface area contributed by atoms with Gasteiger partial charge in [-0.05, 0) is 25.0 Å². The van der Waals surface area contributed by atoms with E-state index in [2.05, 4.69) is 0 Å². The zero-order valence-corrected chi connectivity index (χ0v) is 8.24. The van der Waals surface area contributed by atoms with Crippen LogP contribution in [-0.4, -0.2) is 24.8 Å². The molecule has 1 aromatic carbocycles. The maximum atomic E-state index is 7.12. The molecule has 0 bridgehead atoms. The van der Waals surface area contributed by atoms with Crippen molar-refractivity contribution in [1.82, 2.24) is 0 Å². The SMILES string of the molecule is COc1c(C)cccc1C.OBO. The van der Waals surface area contributed by atoms with Gasteiger partial charge < -0.3 is 14.8 Å². The van der Waals surface area contributed by atoms with Crippen LogP contribution in [0, 0.1) is 13.8 Å². The Morgan fingerprint density at radius 1 is 1.15 bits per heavy atom. The second kappa shape index (κ2) is 6.51. The Morgan fingerprint density at radius 3 is 1.77 bits per heavy atom. The van der Waals surface area contributed by atoms with Crippen molar-refractivity contribution in [2.75, 3.05) is 7.11 Å². The Hall–Kier alpha value is -0.995. The normalized spacial score (nSPS) is 8.38. The third kappa shape index (κ3) is 3.96. The average molecular weight is 182 g/mol. The van der Waals surface area contributed by atoms with E-state index in [0.29, 0.717) is 0 Å². The molecule has 0 aliphatic heterocycles. The summed E-state index contributed by atoms with van der Waals surface area (Å²) in [5, 5.41) is 14.2. The molecule has 2 N–H and O–H groups in total. The predicted molar refractivity (Wildman–Crippen MR) is 54.1 cm³/mol. The highest BCUT2D eigenvalue weighted by molar-refractivity contribution is 6.13. The molecule has 1 aromatic rings. The summed E-state index contributed by atoms with van der Waals surface area (Å²) >= 11 is 0.